The van der Waals surface area contributed by atoms with E-state index in [1.807, 2.05) is 0 Å². The number of rotatable bonds is 14. The molecule has 0 rings (SSSR count). The van der Waals surface area contributed by atoms with Crippen molar-refractivity contribution in [1.29, 1.82) is 0 Å². The fraction of sp³-hybridized carbons (Fsp3) is 0.867. The van der Waals surface area contributed by atoms with Crippen molar-refractivity contribution in [2.45, 2.75) is 76.5 Å². The number of carbonyl (C=O) groups is 2. The van der Waals surface area contributed by atoms with Crippen molar-refractivity contribution in [3.8, 4) is 0 Å². The van der Waals surface area contributed by atoms with Gasteiger partial charge in [0.15, 0.2) is 0 Å². The largest absolute Gasteiger partial charge is 0.481 e. The van der Waals surface area contributed by atoms with Crippen molar-refractivity contribution in [3.63, 3.8) is 0 Å². The average Bonchev–Trinajstić information content (AvgIpc) is 2.45. The second kappa shape index (κ2) is 11.6. The van der Waals surface area contributed by atoms with E-state index < -0.39 is 31.6 Å². The first kappa shape index (κ1) is 21.0. The monoisotopic (exact) mass is 334 g/mol. The van der Waals surface area contributed by atoms with Crippen LogP contribution >= 0.6 is 8.46 Å². The fourth-order valence-corrected chi connectivity index (χ4v) is 3.19. The zero-order valence-corrected chi connectivity index (χ0v) is 14.3. The lowest BCUT2D eigenvalue weighted by Crippen LogP contribution is -2.38. The summed E-state index contributed by atoms with van der Waals surface area (Å²) in [7, 11) is -1.14. The number of aliphatic hydroxyl groups is 1. The molecule has 0 aromatic carbocycles. The first-order valence-corrected chi connectivity index (χ1v) is 8.91. The number of carboxylic acids is 1. The molecule has 22 heavy (non-hydrogen) atoms. The second-order valence-electron chi connectivity index (χ2n) is 5.79. The van der Waals surface area contributed by atoms with Crippen molar-refractivity contribution in [2.75, 3.05) is 0 Å². The molecule has 0 saturated heterocycles. The molecule has 0 aliphatic rings. The predicted molar refractivity (Wildman–Crippen MR) is 86.1 cm³/mol. The number of carboxylic acid groups (broad SMARTS) is 1. The molecule has 0 saturated carbocycles. The minimum absolute atomic E-state index is 0.0904. The van der Waals surface area contributed by atoms with Gasteiger partial charge in [-0.25, -0.2) is 0 Å². The van der Waals surface area contributed by atoms with Gasteiger partial charge in [0.2, 0.25) is 5.91 Å². The highest BCUT2D eigenvalue weighted by atomic mass is 31.1. The number of carbonyl (C=O) groups excluding carboxylic acids is 1. The van der Waals surface area contributed by atoms with Gasteiger partial charge in [-0.2, -0.15) is 0 Å². The molecule has 0 radical (unpaired) electrons. The molecule has 0 aliphatic carbocycles. The Hall–Kier alpha value is -1.00. The van der Waals surface area contributed by atoms with Crippen LogP contribution in [-0.4, -0.2) is 27.4 Å². The smallest absolute Gasteiger partial charge is 0.360 e. The summed E-state index contributed by atoms with van der Waals surface area (Å²) in [6.07, 6.45) is 7.15. The topological polar surface area (TPSA) is 118 Å². The van der Waals surface area contributed by atoms with Gasteiger partial charge in [0.25, 0.3) is 5.34 Å². The molecule has 6 nitrogen and oxygen atoms in total. The molecule has 3 unspecified atom stereocenters. The van der Waals surface area contributed by atoms with Gasteiger partial charge in [-0.1, -0.05) is 50.0 Å². The lowest BCUT2D eigenvalue weighted by Gasteiger charge is -2.21. The van der Waals surface area contributed by atoms with E-state index >= 15 is 0 Å². The van der Waals surface area contributed by atoms with Crippen molar-refractivity contribution in [1.82, 2.24) is 0 Å². The molecule has 1 amide bonds. The molecular weight excluding hydrogens is 305 g/mol. The van der Waals surface area contributed by atoms with Gasteiger partial charge >= 0.3 is 14.4 Å². The van der Waals surface area contributed by atoms with E-state index in [1.165, 1.54) is 19.3 Å². The number of hydrogen-bond donors (Lipinski definition) is 3. The average molecular weight is 334 g/mol. The maximum atomic E-state index is 11.3. The number of unbranched alkanes of at least 4 members (excludes halogenated alkanes) is 6. The molecule has 0 spiro atoms. The van der Waals surface area contributed by atoms with Crippen LogP contribution in [0.4, 0.5) is 0 Å². The van der Waals surface area contributed by atoms with E-state index in [0.717, 1.165) is 19.3 Å². The van der Waals surface area contributed by atoms with Gasteiger partial charge in [-0.15, -0.1) is 0 Å². The third kappa shape index (κ3) is 8.44. The molecule has 0 aliphatic heterocycles. The van der Waals surface area contributed by atoms with Gasteiger partial charge in [-0.3, -0.25) is 9.59 Å². The Kier molecular flexibility index (Phi) is 11.0. The summed E-state index contributed by atoms with van der Waals surface area (Å²) >= 11 is 0. The Balaban J connectivity index is 4.35. The molecule has 0 aromatic heterocycles. The standard InChI is InChI=1S/C15H28NO5P/c1-2-3-4-5-6-7-8-11-15(20,22-21)12(14(18)19)9-10-13(16)17/h12,20H,2-11H2,1H3,(H2,16,17)(H,18,19)/p+1. The minimum Gasteiger partial charge on any atom is -0.481 e. The van der Waals surface area contributed by atoms with E-state index in [4.69, 9.17) is 5.73 Å². The third-order valence-corrected chi connectivity index (χ3v) is 4.84. The van der Waals surface area contributed by atoms with Crippen LogP contribution < -0.4 is 5.73 Å². The summed E-state index contributed by atoms with van der Waals surface area (Å²) in [5, 5.41) is 17.8. The number of amides is 1. The SMILES string of the molecule is CCCCCCCCCC(O)([PH+]=O)C(CCC(N)=O)C(=O)O. The molecule has 0 heterocycles. The van der Waals surface area contributed by atoms with Crippen LogP contribution in [0, 0.1) is 5.92 Å². The fourth-order valence-electron chi connectivity index (χ4n) is 2.50. The molecule has 0 bridgehead atoms. The van der Waals surface area contributed by atoms with Gasteiger partial charge in [-0.05, 0) is 12.8 Å². The Morgan fingerprint density at radius 3 is 2.14 bits per heavy atom. The summed E-state index contributed by atoms with van der Waals surface area (Å²) in [6.45, 7) is 2.15. The molecule has 4 N–H and O–H groups in total. The maximum absolute atomic E-state index is 11.3. The minimum atomic E-state index is -1.77. The summed E-state index contributed by atoms with van der Waals surface area (Å²) < 4.78 is 11.3. The Morgan fingerprint density at radius 2 is 1.68 bits per heavy atom. The molecular formula is C15H29NO5P+. The van der Waals surface area contributed by atoms with Crippen LogP contribution in [-0.2, 0) is 14.2 Å². The van der Waals surface area contributed by atoms with Crippen molar-refractivity contribution in [2.24, 2.45) is 11.7 Å². The summed E-state index contributed by atoms with van der Waals surface area (Å²) in [6, 6.07) is 0. The van der Waals surface area contributed by atoms with E-state index in [1.54, 1.807) is 0 Å². The molecule has 128 valence electrons. The zero-order chi connectivity index (χ0) is 17.0. The molecule has 0 fully saturated rings. The molecule has 0 aromatic rings. The lowest BCUT2D eigenvalue weighted by atomic mass is 9.91. The second-order valence-corrected chi connectivity index (χ2v) is 6.86. The summed E-state index contributed by atoms with van der Waals surface area (Å²) in [5.74, 6) is -3.09. The highest BCUT2D eigenvalue weighted by molar-refractivity contribution is 7.25. The van der Waals surface area contributed by atoms with E-state index in [0.29, 0.717) is 6.42 Å². The zero-order valence-electron chi connectivity index (χ0n) is 13.3. The van der Waals surface area contributed by atoms with Crippen LogP contribution in [0.2, 0.25) is 0 Å². The number of primary amides is 1. The van der Waals surface area contributed by atoms with Crippen LogP contribution in [0.1, 0.15) is 71.1 Å². The normalized spacial score (nSPS) is 15.4. The van der Waals surface area contributed by atoms with Crippen LogP contribution in [0.5, 0.6) is 0 Å². The molecule has 7 heteroatoms. The van der Waals surface area contributed by atoms with Gasteiger partial charge in [0, 0.05) is 12.8 Å². The number of nitrogens with two attached hydrogens (primary N) is 1. The quantitative estimate of drug-likeness (QED) is 0.333. The summed E-state index contributed by atoms with van der Waals surface area (Å²) in [4.78, 5) is 22.1. The molecule has 3 atom stereocenters. The van der Waals surface area contributed by atoms with E-state index in [9.17, 15) is 24.4 Å². The van der Waals surface area contributed by atoms with Crippen LogP contribution in [0.25, 0.3) is 0 Å². The Morgan fingerprint density at radius 1 is 1.14 bits per heavy atom. The highest BCUT2D eigenvalue weighted by Gasteiger charge is 2.48. The van der Waals surface area contributed by atoms with Crippen molar-refractivity contribution in [3.05, 3.63) is 0 Å². The van der Waals surface area contributed by atoms with Crippen LogP contribution in [0.15, 0.2) is 0 Å². The first-order chi connectivity index (χ1) is 10.4. The maximum Gasteiger partial charge on any atom is 0.360 e. The third-order valence-electron chi connectivity index (χ3n) is 3.89. The lowest BCUT2D eigenvalue weighted by molar-refractivity contribution is -0.148. The Labute approximate surface area is 133 Å². The predicted octanol–water partition coefficient (Wildman–Crippen LogP) is 2.81. The Bertz CT molecular complexity index is 364. The van der Waals surface area contributed by atoms with Gasteiger partial charge in [0.1, 0.15) is 5.92 Å². The van der Waals surface area contributed by atoms with E-state index in [2.05, 4.69) is 6.92 Å². The van der Waals surface area contributed by atoms with Crippen molar-refractivity contribution < 1.29 is 24.4 Å². The number of hydrogen-bond acceptors (Lipinski definition) is 4. The first-order valence-electron chi connectivity index (χ1n) is 8.00. The number of aliphatic carboxylic acids is 1. The van der Waals surface area contributed by atoms with Gasteiger partial charge < -0.3 is 15.9 Å². The summed E-state index contributed by atoms with van der Waals surface area (Å²) in [5.41, 5.74) is 5.02. The van der Waals surface area contributed by atoms with Gasteiger partial charge in [0.05, 0.1) is 0 Å². The van der Waals surface area contributed by atoms with E-state index in [-0.39, 0.29) is 19.3 Å². The highest BCUT2D eigenvalue weighted by Crippen LogP contribution is 2.37. The van der Waals surface area contributed by atoms with Crippen molar-refractivity contribution >= 4 is 20.3 Å². The van der Waals surface area contributed by atoms with Crippen LogP contribution in [0.3, 0.4) is 0 Å².